The molecule has 2 N–H and O–H groups in total. The van der Waals surface area contributed by atoms with Gasteiger partial charge < -0.3 is 15.2 Å². The summed E-state index contributed by atoms with van der Waals surface area (Å²) in [6.45, 7) is 3.45. The van der Waals surface area contributed by atoms with Crippen molar-refractivity contribution in [3.05, 3.63) is 41.5 Å². The molecule has 1 saturated heterocycles. The lowest BCUT2D eigenvalue weighted by Gasteiger charge is -2.32. The highest BCUT2D eigenvalue weighted by Crippen LogP contribution is 2.19. The summed E-state index contributed by atoms with van der Waals surface area (Å²) in [6, 6.07) is 8.13. The molecule has 114 valence electrons. The quantitative estimate of drug-likeness (QED) is 0.872. The summed E-state index contributed by atoms with van der Waals surface area (Å²) in [4.78, 5) is 11.8. The van der Waals surface area contributed by atoms with E-state index in [9.17, 15) is 9.90 Å². The van der Waals surface area contributed by atoms with Crippen molar-refractivity contribution in [3.63, 3.8) is 0 Å². The SMILES string of the molecule is Cc1ccc(C=CCC(=O)NCC2(O)CCOCC2)cc1. The van der Waals surface area contributed by atoms with Gasteiger partial charge >= 0.3 is 0 Å². The zero-order valence-corrected chi connectivity index (χ0v) is 12.5. The lowest BCUT2D eigenvalue weighted by Crippen LogP contribution is -2.46. The summed E-state index contributed by atoms with van der Waals surface area (Å²) in [5.41, 5.74) is 1.49. The molecule has 0 unspecified atom stereocenters. The molecule has 1 aromatic carbocycles. The Morgan fingerprint density at radius 2 is 2.00 bits per heavy atom. The van der Waals surface area contributed by atoms with Crippen molar-refractivity contribution >= 4 is 12.0 Å². The fourth-order valence-electron chi connectivity index (χ4n) is 2.24. The Hall–Kier alpha value is -1.65. The summed E-state index contributed by atoms with van der Waals surface area (Å²) in [7, 11) is 0. The number of hydrogen-bond donors (Lipinski definition) is 2. The van der Waals surface area contributed by atoms with Gasteiger partial charge in [0.2, 0.25) is 5.91 Å². The maximum atomic E-state index is 11.8. The first-order valence-corrected chi connectivity index (χ1v) is 7.37. The number of benzene rings is 1. The molecule has 0 atom stereocenters. The first-order valence-electron chi connectivity index (χ1n) is 7.37. The number of carbonyl (C=O) groups is 1. The molecule has 1 amide bonds. The number of aliphatic hydroxyl groups is 1. The van der Waals surface area contributed by atoms with Gasteiger partial charge in [0.05, 0.1) is 5.60 Å². The highest BCUT2D eigenvalue weighted by Gasteiger charge is 2.29. The van der Waals surface area contributed by atoms with Gasteiger partial charge in [0.15, 0.2) is 0 Å². The van der Waals surface area contributed by atoms with Gasteiger partial charge in [-0.15, -0.1) is 0 Å². The average Bonchev–Trinajstić information content (AvgIpc) is 2.48. The standard InChI is InChI=1S/C17H23NO3/c1-14-5-7-15(8-6-14)3-2-4-16(19)18-13-17(20)9-11-21-12-10-17/h2-3,5-8,20H,4,9-13H2,1H3,(H,18,19). The van der Waals surface area contributed by atoms with Gasteiger partial charge in [0.25, 0.3) is 0 Å². The third kappa shape index (κ3) is 5.33. The number of amides is 1. The fraction of sp³-hybridized carbons (Fsp3) is 0.471. The zero-order chi connectivity index (χ0) is 15.1. The van der Waals surface area contributed by atoms with E-state index in [4.69, 9.17) is 4.74 Å². The van der Waals surface area contributed by atoms with Gasteiger partial charge in [-0.3, -0.25) is 4.79 Å². The molecule has 0 spiro atoms. The number of rotatable bonds is 5. The molecule has 1 aromatic rings. The molecule has 1 aliphatic heterocycles. The Bertz CT molecular complexity index is 487. The predicted octanol–water partition coefficient (Wildman–Crippen LogP) is 2.06. The summed E-state index contributed by atoms with van der Waals surface area (Å²) >= 11 is 0. The Kier molecular flexibility index (Phi) is 5.53. The van der Waals surface area contributed by atoms with E-state index in [0.29, 0.717) is 39.0 Å². The van der Waals surface area contributed by atoms with E-state index in [0.717, 1.165) is 5.56 Å². The molecule has 0 aliphatic carbocycles. The van der Waals surface area contributed by atoms with Crippen LogP contribution in [0.25, 0.3) is 6.08 Å². The fourth-order valence-corrected chi connectivity index (χ4v) is 2.24. The Labute approximate surface area is 125 Å². The molecule has 1 heterocycles. The van der Waals surface area contributed by atoms with Crippen LogP contribution in [0.4, 0.5) is 0 Å². The average molecular weight is 289 g/mol. The Balaban J connectivity index is 1.73. The minimum absolute atomic E-state index is 0.0710. The molecule has 1 aliphatic rings. The van der Waals surface area contributed by atoms with E-state index in [1.54, 1.807) is 0 Å². The molecule has 2 rings (SSSR count). The monoisotopic (exact) mass is 289 g/mol. The lowest BCUT2D eigenvalue weighted by atomic mass is 9.94. The first-order chi connectivity index (χ1) is 10.1. The molecule has 21 heavy (non-hydrogen) atoms. The van der Waals surface area contributed by atoms with Crippen LogP contribution in [0.3, 0.4) is 0 Å². The van der Waals surface area contributed by atoms with Crippen molar-refractivity contribution in [2.45, 2.75) is 31.8 Å². The normalized spacial score (nSPS) is 17.8. The molecule has 4 heteroatoms. The van der Waals surface area contributed by atoms with Gasteiger partial charge in [-0.05, 0) is 12.5 Å². The molecule has 0 radical (unpaired) electrons. The minimum atomic E-state index is -0.811. The van der Waals surface area contributed by atoms with Crippen LogP contribution in [-0.4, -0.2) is 36.4 Å². The third-order valence-electron chi connectivity index (χ3n) is 3.73. The first kappa shape index (κ1) is 15.7. The van der Waals surface area contributed by atoms with Crippen molar-refractivity contribution in [2.24, 2.45) is 0 Å². The van der Waals surface area contributed by atoms with Crippen LogP contribution in [-0.2, 0) is 9.53 Å². The smallest absolute Gasteiger partial charge is 0.223 e. The van der Waals surface area contributed by atoms with Crippen LogP contribution >= 0.6 is 0 Å². The van der Waals surface area contributed by atoms with Crippen molar-refractivity contribution in [2.75, 3.05) is 19.8 Å². The van der Waals surface area contributed by atoms with Gasteiger partial charge in [0.1, 0.15) is 0 Å². The minimum Gasteiger partial charge on any atom is -0.388 e. The van der Waals surface area contributed by atoms with E-state index >= 15 is 0 Å². The maximum Gasteiger partial charge on any atom is 0.223 e. The molecule has 4 nitrogen and oxygen atoms in total. The van der Waals surface area contributed by atoms with Crippen LogP contribution in [0.5, 0.6) is 0 Å². The summed E-state index contributed by atoms with van der Waals surface area (Å²) in [5, 5.41) is 13.0. The topological polar surface area (TPSA) is 58.6 Å². The van der Waals surface area contributed by atoms with Crippen LogP contribution in [0.15, 0.2) is 30.3 Å². The van der Waals surface area contributed by atoms with Crippen LogP contribution in [0, 0.1) is 6.92 Å². The van der Waals surface area contributed by atoms with Crippen LogP contribution in [0.1, 0.15) is 30.4 Å². The van der Waals surface area contributed by atoms with Gasteiger partial charge in [-0.2, -0.15) is 0 Å². The Morgan fingerprint density at radius 3 is 2.67 bits per heavy atom. The Morgan fingerprint density at radius 1 is 1.33 bits per heavy atom. The molecular weight excluding hydrogens is 266 g/mol. The van der Waals surface area contributed by atoms with E-state index in [2.05, 4.69) is 5.32 Å². The van der Waals surface area contributed by atoms with Crippen LogP contribution in [0.2, 0.25) is 0 Å². The van der Waals surface area contributed by atoms with E-state index < -0.39 is 5.60 Å². The van der Waals surface area contributed by atoms with Crippen molar-refractivity contribution in [3.8, 4) is 0 Å². The summed E-state index contributed by atoms with van der Waals surface area (Å²) < 4.78 is 5.21. The van der Waals surface area contributed by atoms with Crippen molar-refractivity contribution in [1.82, 2.24) is 5.32 Å². The highest BCUT2D eigenvalue weighted by atomic mass is 16.5. The number of carbonyl (C=O) groups excluding carboxylic acids is 1. The maximum absolute atomic E-state index is 11.8. The molecular formula is C17H23NO3. The highest BCUT2D eigenvalue weighted by molar-refractivity contribution is 5.78. The summed E-state index contributed by atoms with van der Waals surface area (Å²) in [6.07, 6.45) is 5.25. The number of aryl methyl sites for hydroxylation is 1. The van der Waals surface area contributed by atoms with Crippen LogP contribution < -0.4 is 5.32 Å². The molecule has 0 bridgehead atoms. The van der Waals surface area contributed by atoms with Crippen molar-refractivity contribution < 1.29 is 14.6 Å². The molecule has 0 aromatic heterocycles. The predicted molar refractivity (Wildman–Crippen MR) is 82.8 cm³/mol. The van der Waals surface area contributed by atoms with E-state index in [-0.39, 0.29) is 5.91 Å². The summed E-state index contributed by atoms with van der Waals surface area (Å²) in [5.74, 6) is -0.0710. The second-order valence-corrected chi connectivity index (χ2v) is 5.63. The van der Waals surface area contributed by atoms with Gasteiger partial charge in [-0.1, -0.05) is 42.0 Å². The van der Waals surface area contributed by atoms with E-state index in [1.165, 1.54) is 5.56 Å². The number of hydrogen-bond acceptors (Lipinski definition) is 3. The molecule has 0 saturated carbocycles. The lowest BCUT2D eigenvalue weighted by molar-refractivity contribution is -0.123. The van der Waals surface area contributed by atoms with Crippen molar-refractivity contribution in [1.29, 1.82) is 0 Å². The second kappa shape index (κ2) is 7.38. The van der Waals surface area contributed by atoms with E-state index in [1.807, 2.05) is 43.3 Å². The largest absolute Gasteiger partial charge is 0.388 e. The number of nitrogens with one attached hydrogen (secondary N) is 1. The number of ether oxygens (including phenoxy) is 1. The molecule has 1 fully saturated rings. The third-order valence-corrected chi connectivity index (χ3v) is 3.73. The van der Waals surface area contributed by atoms with Gasteiger partial charge in [0, 0.05) is 39.0 Å². The zero-order valence-electron chi connectivity index (χ0n) is 12.5. The van der Waals surface area contributed by atoms with Gasteiger partial charge in [-0.25, -0.2) is 0 Å². The second-order valence-electron chi connectivity index (χ2n) is 5.63.